The van der Waals surface area contributed by atoms with Crippen LogP contribution in [0.3, 0.4) is 0 Å². The molecule has 1 unspecified atom stereocenters. The van der Waals surface area contributed by atoms with Crippen LogP contribution in [-0.4, -0.2) is 25.3 Å². The van der Waals surface area contributed by atoms with Crippen molar-refractivity contribution in [2.45, 2.75) is 65.0 Å². The van der Waals surface area contributed by atoms with Crippen molar-refractivity contribution in [2.75, 3.05) is 13.7 Å². The Bertz CT molecular complexity index is 195. The molecule has 1 aliphatic carbocycles. The van der Waals surface area contributed by atoms with Gasteiger partial charge >= 0.3 is 0 Å². The van der Waals surface area contributed by atoms with Crippen LogP contribution in [0.15, 0.2) is 0 Å². The van der Waals surface area contributed by atoms with Crippen molar-refractivity contribution in [2.24, 2.45) is 11.8 Å². The summed E-state index contributed by atoms with van der Waals surface area (Å²) in [6.45, 7) is 10.1. The highest BCUT2D eigenvalue weighted by molar-refractivity contribution is 4.91. The van der Waals surface area contributed by atoms with Gasteiger partial charge in [0.25, 0.3) is 0 Å². The molecule has 0 bridgehead atoms. The second kappa shape index (κ2) is 6.02. The second-order valence-corrected chi connectivity index (χ2v) is 6.15. The minimum Gasteiger partial charge on any atom is -0.383 e. The number of methoxy groups -OCH3 is 1. The predicted octanol–water partition coefficient (Wildman–Crippen LogP) is 3.22. The monoisotopic (exact) mass is 227 g/mol. The van der Waals surface area contributed by atoms with Crippen LogP contribution < -0.4 is 5.32 Å². The summed E-state index contributed by atoms with van der Waals surface area (Å²) in [6.07, 6.45) is 5.59. The van der Waals surface area contributed by atoms with Gasteiger partial charge in [0.2, 0.25) is 0 Å². The molecule has 0 saturated heterocycles. The number of ether oxygens (including phenoxy) is 1. The Morgan fingerprint density at radius 3 is 2.25 bits per heavy atom. The summed E-state index contributed by atoms with van der Waals surface area (Å²) in [7, 11) is 1.79. The molecule has 1 aliphatic rings. The largest absolute Gasteiger partial charge is 0.383 e. The highest BCUT2D eigenvalue weighted by Crippen LogP contribution is 2.34. The first-order valence-corrected chi connectivity index (χ1v) is 6.74. The van der Waals surface area contributed by atoms with E-state index in [2.05, 4.69) is 33.0 Å². The average molecular weight is 227 g/mol. The molecule has 0 amide bonds. The molecular weight excluding hydrogens is 198 g/mol. The third-order valence-electron chi connectivity index (χ3n) is 4.08. The van der Waals surface area contributed by atoms with Gasteiger partial charge in [-0.1, -0.05) is 26.7 Å². The first-order valence-electron chi connectivity index (χ1n) is 6.74. The molecule has 96 valence electrons. The van der Waals surface area contributed by atoms with Gasteiger partial charge in [-0.05, 0) is 38.5 Å². The fourth-order valence-electron chi connectivity index (χ4n) is 2.82. The smallest absolute Gasteiger partial charge is 0.0618 e. The molecule has 2 heteroatoms. The number of hydrogen-bond donors (Lipinski definition) is 1. The van der Waals surface area contributed by atoms with E-state index in [4.69, 9.17) is 4.74 Å². The lowest BCUT2D eigenvalue weighted by Crippen LogP contribution is -2.53. The molecule has 16 heavy (non-hydrogen) atoms. The zero-order valence-corrected chi connectivity index (χ0v) is 11.7. The van der Waals surface area contributed by atoms with Gasteiger partial charge in [-0.15, -0.1) is 0 Å². The van der Waals surface area contributed by atoms with Gasteiger partial charge in [0.1, 0.15) is 0 Å². The Hall–Kier alpha value is -0.0800. The molecule has 1 N–H and O–H groups in total. The van der Waals surface area contributed by atoms with Gasteiger partial charge in [-0.3, -0.25) is 0 Å². The predicted molar refractivity (Wildman–Crippen MR) is 69.7 cm³/mol. The molecule has 1 fully saturated rings. The normalized spacial score (nSPS) is 20.6. The van der Waals surface area contributed by atoms with Crippen LogP contribution >= 0.6 is 0 Å². The number of nitrogens with one attached hydrogen (secondary N) is 1. The lowest BCUT2D eigenvalue weighted by Gasteiger charge is -2.38. The van der Waals surface area contributed by atoms with Gasteiger partial charge in [0.15, 0.2) is 0 Å². The van der Waals surface area contributed by atoms with Crippen LogP contribution in [0.1, 0.15) is 53.4 Å². The van der Waals surface area contributed by atoms with E-state index in [1.54, 1.807) is 7.11 Å². The molecule has 0 spiro atoms. The summed E-state index contributed by atoms with van der Waals surface area (Å²) >= 11 is 0. The number of hydrogen-bond acceptors (Lipinski definition) is 2. The zero-order valence-electron chi connectivity index (χ0n) is 11.7. The molecule has 1 saturated carbocycles. The van der Waals surface area contributed by atoms with E-state index in [9.17, 15) is 0 Å². The van der Waals surface area contributed by atoms with Gasteiger partial charge in [0, 0.05) is 18.7 Å². The average Bonchev–Trinajstić information content (AvgIpc) is 2.69. The molecule has 0 aromatic heterocycles. The summed E-state index contributed by atoms with van der Waals surface area (Å²) in [5.74, 6) is 1.46. The van der Waals surface area contributed by atoms with Crippen LogP contribution in [0.2, 0.25) is 0 Å². The van der Waals surface area contributed by atoms with E-state index in [0.29, 0.717) is 12.0 Å². The summed E-state index contributed by atoms with van der Waals surface area (Å²) in [5, 5.41) is 3.81. The van der Waals surface area contributed by atoms with E-state index >= 15 is 0 Å². The van der Waals surface area contributed by atoms with E-state index < -0.39 is 0 Å². The molecular formula is C14H29NO. The molecule has 0 aromatic carbocycles. The molecule has 0 aromatic rings. The highest BCUT2D eigenvalue weighted by Gasteiger charge is 2.33. The van der Waals surface area contributed by atoms with Gasteiger partial charge in [-0.25, -0.2) is 0 Å². The minimum absolute atomic E-state index is 0.254. The highest BCUT2D eigenvalue weighted by atomic mass is 16.5. The Morgan fingerprint density at radius 1 is 1.25 bits per heavy atom. The van der Waals surface area contributed by atoms with Crippen LogP contribution in [0.5, 0.6) is 0 Å². The fourth-order valence-corrected chi connectivity index (χ4v) is 2.82. The van der Waals surface area contributed by atoms with E-state index in [1.807, 2.05) is 0 Å². The fraction of sp³-hybridized carbons (Fsp3) is 1.00. The molecule has 2 nitrogen and oxygen atoms in total. The van der Waals surface area contributed by atoms with Crippen LogP contribution in [0, 0.1) is 11.8 Å². The van der Waals surface area contributed by atoms with E-state index in [1.165, 1.54) is 25.7 Å². The van der Waals surface area contributed by atoms with Crippen molar-refractivity contribution in [3.63, 3.8) is 0 Å². The Labute approximate surface area is 101 Å². The van der Waals surface area contributed by atoms with E-state index in [-0.39, 0.29) is 5.54 Å². The summed E-state index contributed by atoms with van der Waals surface area (Å²) in [4.78, 5) is 0. The molecule has 1 atom stereocenters. The van der Waals surface area contributed by atoms with Crippen LogP contribution in [0.25, 0.3) is 0 Å². The number of rotatable bonds is 6. The third-order valence-corrected chi connectivity index (χ3v) is 4.08. The maximum atomic E-state index is 5.31. The third kappa shape index (κ3) is 3.74. The van der Waals surface area contributed by atoms with Crippen molar-refractivity contribution in [1.29, 1.82) is 0 Å². The van der Waals surface area contributed by atoms with Crippen molar-refractivity contribution < 1.29 is 4.74 Å². The molecule has 0 radical (unpaired) electrons. The minimum atomic E-state index is 0.254. The molecule has 1 rings (SSSR count). The van der Waals surface area contributed by atoms with Crippen LogP contribution in [-0.2, 0) is 4.74 Å². The van der Waals surface area contributed by atoms with Crippen LogP contribution in [0.4, 0.5) is 0 Å². The maximum Gasteiger partial charge on any atom is 0.0618 e. The van der Waals surface area contributed by atoms with Crippen molar-refractivity contribution in [3.8, 4) is 0 Å². The van der Waals surface area contributed by atoms with Gasteiger partial charge < -0.3 is 10.1 Å². The topological polar surface area (TPSA) is 21.3 Å². The Balaban J connectivity index is 2.53. The van der Waals surface area contributed by atoms with Crippen molar-refractivity contribution in [3.05, 3.63) is 0 Å². The maximum absolute atomic E-state index is 5.31. The SMILES string of the molecule is COCC(NC(C)(C)C1CCCC1)C(C)C. The lowest BCUT2D eigenvalue weighted by atomic mass is 9.84. The standard InChI is InChI=1S/C14H29NO/c1-11(2)13(10-16-5)15-14(3,4)12-8-6-7-9-12/h11-13,15H,6-10H2,1-5H3. The summed E-state index contributed by atoms with van der Waals surface area (Å²) in [6, 6.07) is 0.473. The Kier molecular flexibility index (Phi) is 5.26. The first kappa shape index (κ1) is 14.0. The van der Waals surface area contributed by atoms with Crippen molar-refractivity contribution in [1.82, 2.24) is 5.32 Å². The zero-order chi connectivity index (χ0) is 12.2. The van der Waals surface area contributed by atoms with Gasteiger partial charge in [0.05, 0.1) is 6.61 Å². The first-order chi connectivity index (χ1) is 7.47. The Morgan fingerprint density at radius 2 is 1.81 bits per heavy atom. The molecule has 0 aliphatic heterocycles. The van der Waals surface area contributed by atoms with Crippen molar-refractivity contribution >= 4 is 0 Å². The van der Waals surface area contributed by atoms with Gasteiger partial charge in [-0.2, -0.15) is 0 Å². The summed E-state index contributed by atoms with van der Waals surface area (Å²) < 4.78 is 5.31. The quantitative estimate of drug-likeness (QED) is 0.752. The lowest BCUT2D eigenvalue weighted by molar-refractivity contribution is 0.113. The summed E-state index contributed by atoms with van der Waals surface area (Å²) in [5.41, 5.74) is 0.254. The molecule has 0 heterocycles. The van der Waals surface area contributed by atoms with E-state index in [0.717, 1.165) is 12.5 Å². The second-order valence-electron chi connectivity index (χ2n) is 6.15.